The Bertz CT molecular complexity index is 2650. The predicted octanol–water partition coefficient (Wildman–Crippen LogP) is 10.4. The first-order chi connectivity index (χ1) is 33.3. The number of methoxy groups -OCH3 is 2. The number of benzene rings is 6. The molecule has 1 atom stereocenters. The van der Waals surface area contributed by atoms with E-state index in [0.717, 1.165) is 58.5 Å². The van der Waals surface area contributed by atoms with Gasteiger partial charge in [-0.25, -0.2) is 8.78 Å². The largest absolute Gasteiger partial charge is 0.496 e. The highest BCUT2D eigenvalue weighted by Gasteiger charge is 2.18. The van der Waals surface area contributed by atoms with Crippen molar-refractivity contribution in [3.05, 3.63) is 154 Å². The molecule has 0 spiro atoms. The Morgan fingerprint density at radius 1 is 0.652 bits per heavy atom. The predicted molar refractivity (Wildman–Crippen MR) is 263 cm³/mol. The van der Waals surface area contributed by atoms with Gasteiger partial charge >= 0.3 is 0 Å². The molecule has 1 aliphatic heterocycles. The fourth-order valence-electron chi connectivity index (χ4n) is 7.94. The molecule has 0 saturated carbocycles. The molecule has 13 heteroatoms. The number of rotatable bonds is 22. The van der Waals surface area contributed by atoms with Gasteiger partial charge in [-0.2, -0.15) is 0 Å². The molecule has 0 bridgehead atoms. The van der Waals surface area contributed by atoms with Gasteiger partial charge in [0, 0.05) is 56.2 Å². The summed E-state index contributed by atoms with van der Waals surface area (Å²) in [5, 5.41) is 15.9. The first kappa shape index (κ1) is 51.6. The number of hydrogen-bond donors (Lipinski definition) is 3. The van der Waals surface area contributed by atoms with Gasteiger partial charge in [-0.05, 0) is 103 Å². The molecule has 11 nitrogen and oxygen atoms in total. The summed E-state index contributed by atoms with van der Waals surface area (Å²) in [6.07, 6.45) is 0.520. The van der Waals surface area contributed by atoms with E-state index in [-0.39, 0.29) is 49.0 Å². The third-order valence-corrected chi connectivity index (χ3v) is 11.7. The van der Waals surface area contributed by atoms with E-state index in [1.54, 1.807) is 21.1 Å². The van der Waals surface area contributed by atoms with Gasteiger partial charge in [0.15, 0.2) is 23.1 Å². The molecule has 0 amide bonds. The van der Waals surface area contributed by atoms with E-state index in [2.05, 4.69) is 60.0 Å². The Hall–Kier alpha value is -6.80. The number of Topliss-reactive ketones (excluding diaryl/α,β-unsaturated/α-hetero) is 2. The number of carbonyl (C=O) groups excluding carboxylic acids is 2. The van der Waals surface area contributed by atoms with Crippen LogP contribution in [-0.4, -0.2) is 63.3 Å². The second-order valence-electron chi connectivity index (χ2n) is 16.8. The lowest BCUT2D eigenvalue weighted by Crippen LogP contribution is -2.28. The number of hydrogen-bond acceptors (Lipinski definition) is 11. The fraction of sp³-hybridized carbons (Fsp3) is 0.321. The summed E-state index contributed by atoms with van der Waals surface area (Å²) in [5.74, 6) is 2.08. The highest BCUT2D eigenvalue weighted by atomic mass is 19.1. The van der Waals surface area contributed by atoms with Gasteiger partial charge in [-0.1, -0.05) is 72.8 Å². The third kappa shape index (κ3) is 14.6. The number of fused-ring (bicyclic) bond motifs is 1. The van der Waals surface area contributed by atoms with Crippen LogP contribution in [0, 0.1) is 25.5 Å². The number of aliphatic hydroxyl groups is 1. The molecule has 364 valence electrons. The minimum Gasteiger partial charge on any atom is -0.496 e. The number of carbonyl (C=O) groups is 2. The van der Waals surface area contributed by atoms with Crippen LogP contribution in [-0.2, 0) is 35.9 Å². The molecule has 3 N–H and O–H groups in total. The monoisotopic (exact) mass is 944 g/mol. The average molecular weight is 945 g/mol. The molecule has 6 aromatic carbocycles. The van der Waals surface area contributed by atoms with Gasteiger partial charge in [0.2, 0.25) is 0 Å². The Labute approximate surface area is 403 Å². The first-order valence-electron chi connectivity index (χ1n) is 23.0. The SMILES string of the molecule is CC(=O)C[C@H](O)CNCc1cc(F)c(OCc2cccc(-c3ccc4c(c3)OCCO4)c2C)cc1F.COc1cc(OCc2cccc(-c3ccccc3)c2C)cc(OC)c1CNCCCC(C)=O. The maximum absolute atomic E-state index is 14.7. The number of ketones is 2. The van der Waals surface area contributed by atoms with Crippen LogP contribution in [0.2, 0.25) is 0 Å². The zero-order chi connectivity index (χ0) is 49.3. The summed E-state index contributed by atoms with van der Waals surface area (Å²) in [4.78, 5) is 22.1. The van der Waals surface area contributed by atoms with Crippen LogP contribution in [0.25, 0.3) is 22.3 Å². The number of nitrogens with one attached hydrogen (secondary N) is 2. The summed E-state index contributed by atoms with van der Waals surface area (Å²) in [5.41, 5.74) is 9.50. The highest BCUT2D eigenvalue weighted by Crippen LogP contribution is 2.37. The molecule has 0 aromatic heterocycles. The van der Waals surface area contributed by atoms with Crippen molar-refractivity contribution >= 4 is 11.6 Å². The van der Waals surface area contributed by atoms with Crippen LogP contribution in [0.1, 0.15) is 66.5 Å². The third-order valence-electron chi connectivity index (χ3n) is 11.7. The number of halogens is 2. The first-order valence-corrected chi connectivity index (χ1v) is 23.0. The molecule has 0 saturated heterocycles. The normalized spacial score (nSPS) is 12.1. The van der Waals surface area contributed by atoms with Gasteiger partial charge in [-0.15, -0.1) is 0 Å². The van der Waals surface area contributed by atoms with Crippen molar-refractivity contribution in [1.29, 1.82) is 0 Å². The van der Waals surface area contributed by atoms with Crippen molar-refractivity contribution in [2.75, 3.05) is 40.5 Å². The molecule has 6 aromatic rings. The summed E-state index contributed by atoms with van der Waals surface area (Å²) in [7, 11) is 3.29. The quantitative estimate of drug-likeness (QED) is 0.0562. The lowest BCUT2D eigenvalue weighted by atomic mass is 9.96. The van der Waals surface area contributed by atoms with Crippen molar-refractivity contribution in [2.45, 2.75) is 79.4 Å². The van der Waals surface area contributed by atoms with E-state index >= 15 is 0 Å². The van der Waals surface area contributed by atoms with Crippen molar-refractivity contribution < 1.29 is 51.9 Å². The molecular weight excluding hydrogens is 883 g/mol. The zero-order valence-corrected chi connectivity index (χ0v) is 40.2. The molecule has 69 heavy (non-hydrogen) atoms. The van der Waals surface area contributed by atoms with E-state index in [9.17, 15) is 23.5 Å². The van der Waals surface area contributed by atoms with Crippen LogP contribution in [0.3, 0.4) is 0 Å². The summed E-state index contributed by atoms with van der Waals surface area (Å²) < 4.78 is 63.6. The lowest BCUT2D eigenvalue weighted by Gasteiger charge is -2.20. The molecule has 0 aliphatic carbocycles. The fourth-order valence-corrected chi connectivity index (χ4v) is 7.94. The molecule has 1 heterocycles. The Morgan fingerprint density at radius 2 is 1.29 bits per heavy atom. The molecule has 1 aliphatic rings. The maximum Gasteiger partial charge on any atom is 0.165 e. The topological polar surface area (TPSA) is 134 Å². The van der Waals surface area contributed by atoms with Crippen molar-refractivity contribution in [1.82, 2.24) is 10.6 Å². The van der Waals surface area contributed by atoms with Gasteiger partial charge in [0.25, 0.3) is 0 Å². The van der Waals surface area contributed by atoms with Crippen molar-refractivity contribution in [3.63, 3.8) is 0 Å². The summed E-state index contributed by atoms with van der Waals surface area (Å²) in [6, 6.07) is 34.1. The minimum absolute atomic E-state index is 0.00586. The van der Waals surface area contributed by atoms with Gasteiger partial charge in [-0.3, -0.25) is 4.79 Å². The summed E-state index contributed by atoms with van der Waals surface area (Å²) >= 11 is 0. The van der Waals surface area contributed by atoms with Crippen LogP contribution < -0.4 is 39.1 Å². The molecule has 0 unspecified atom stereocenters. The minimum atomic E-state index is -0.876. The van der Waals surface area contributed by atoms with Crippen molar-refractivity contribution in [2.24, 2.45) is 0 Å². The molecule has 0 fully saturated rings. The van der Waals surface area contributed by atoms with Crippen LogP contribution in [0.5, 0.6) is 34.5 Å². The second-order valence-corrected chi connectivity index (χ2v) is 16.8. The standard InChI is InChI=1S/C28H29F2NO5.C28H33NO4/c1-17(32)10-22(33)15-31-14-21-11-25(30)27(13-24(21)29)36-16-20-4-3-5-23(18(20)2)19-6-7-26-28(12-19)35-9-8-34-26;1-20(30)10-9-15-29-18-26-27(31-3)16-24(17-28(26)32-4)33-19-23-13-8-14-25(21(23)2)22-11-6-5-7-12-22/h3-7,11-13,22,31,33H,8-10,14-16H2,1-2H3;5-8,11-14,16-17,29H,9-10,15,18-19H2,1-4H3/t22-;/m0./s1. The van der Waals surface area contributed by atoms with Crippen molar-refractivity contribution in [3.8, 4) is 56.8 Å². The van der Waals surface area contributed by atoms with Crippen LogP contribution in [0.4, 0.5) is 8.78 Å². The Balaban J connectivity index is 0.000000228. The summed E-state index contributed by atoms with van der Waals surface area (Å²) in [6.45, 7) is 10.1. The lowest BCUT2D eigenvalue weighted by molar-refractivity contribution is -0.119. The zero-order valence-electron chi connectivity index (χ0n) is 40.2. The van der Waals surface area contributed by atoms with E-state index in [1.807, 2.05) is 61.5 Å². The smallest absolute Gasteiger partial charge is 0.165 e. The number of aliphatic hydroxyl groups excluding tert-OH is 1. The van der Waals surface area contributed by atoms with E-state index < -0.39 is 17.7 Å². The van der Waals surface area contributed by atoms with E-state index in [0.29, 0.717) is 61.5 Å². The van der Waals surface area contributed by atoms with Crippen LogP contribution >= 0.6 is 0 Å². The molecular formula is C56H62F2N2O9. The molecule has 7 rings (SSSR count). The van der Waals surface area contributed by atoms with Gasteiger partial charge in [0.1, 0.15) is 61.1 Å². The van der Waals surface area contributed by atoms with Gasteiger partial charge in [0.05, 0.1) is 25.9 Å². The second kappa shape index (κ2) is 25.5. The number of ether oxygens (including phenoxy) is 6. The maximum atomic E-state index is 14.7. The Kier molecular flexibility index (Phi) is 19.1. The van der Waals surface area contributed by atoms with E-state index in [4.69, 9.17) is 28.4 Å². The Morgan fingerprint density at radius 3 is 1.93 bits per heavy atom. The van der Waals surface area contributed by atoms with Crippen LogP contribution in [0.15, 0.2) is 109 Å². The highest BCUT2D eigenvalue weighted by molar-refractivity contribution is 5.76. The van der Waals surface area contributed by atoms with Gasteiger partial charge < -0.3 is 49.0 Å². The van der Waals surface area contributed by atoms with E-state index in [1.165, 1.54) is 23.6 Å². The molecule has 0 radical (unpaired) electrons. The average Bonchev–Trinajstić information content (AvgIpc) is 3.34.